The minimum absolute atomic E-state index is 0.00976. The van der Waals surface area contributed by atoms with E-state index in [0.717, 1.165) is 0 Å². The summed E-state index contributed by atoms with van der Waals surface area (Å²) in [7, 11) is 0. The third-order valence-corrected chi connectivity index (χ3v) is 3.82. The van der Waals surface area contributed by atoms with Crippen LogP contribution in [0.5, 0.6) is 0 Å². The molecular formula is C13H12ClF2NO4. The molecule has 1 aliphatic heterocycles. The van der Waals surface area contributed by atoms with Gasteiger partial charge >= 0.3 is 5.97 Å². The number of carboxylic acids is 1. The van der Waals surface area contributed by atoms with E-state index in [4.69, 9.17) is 16.3 Å². The van der Waals surface area contributed by atoms with E-state index in [0.29, 0.717) is 12.1 Å². The van der Waals surface area contributed by atoms with Crippen molar-refractivity contribution in [2.24, 2.45) is 5.41 Å². The lowest BCUT2D eigenvalue weighted by atomic mass is 9.85. The second-order valence-electron chi connectivity index (χ2n) is 5.01. The normalized spacial score (nSPS) is 24.9. The highest BCUT2D eigenvalue weighted by Crippen LogP contribution is 2.29. The molecular weight excluding hydrogens is 308 g/mol. The summed E-state index contributed by atoms with van der Waals surface area (Å²) >= 11 is 5.70. The highest BCUT2D eigenvalue weighted by Gasteiger charge is 2.47. The predicted molar refractivity (Wildman–Crippen MR) is 69.2 cm³/mol. The zero-order valence-corrected chi connectivity index (χ0v) is 11.7. The van der Waals surface area contributed by atoms with Gasteiger partial charge in [0, 0.05) is 0 Å². The Bertz CT molecular complexity index is 610. The molecule has 0 bridgehead atoms. The second-order valence-corrected chi connectivity index (χ2v) is 5.42. The predicted octanol–water partition coefficient (Wildman–Crippen LogP) is 1.84. The van der Waals surface area contributed by atoms with Gasteiger partial charge in [-0.2, -0.15) is 0 Å². The van der Waals surface area contributed by atoms with Gasteiger partial charge in [0.1, 0.15) is 5.41 Å². The zero-order valence-electron chi connectivity index (χ0n) is 11.0. The third kappa shape index (κ3) is 2.84. The molecule has 1 aromatic rings. The van der Waals surface area contributed by atoms with Crippen molar-refractivity contribution in [3.8, 4) is 0 Å². The minimum Gasteiger partial charge on any atom is -0.481 e. The minimum atomic E-state index is -1.29. The summed E-state index contributed by atoms with van der Waals surface area (Å²) < 4.78 is 31.2. The maximum atomic E-state index is 13.2. The number of carbonyl (C=O) groups is 2. The summed E-state index contributed by atoms with van der Waals surface area (Å²) in [5, 5.41) is 11.4. The van der Waals surface area contributed by atoms with Gasteiger partial charge in [-0.05, 0) is 19.1 Å². The van der Waals surface area contributed by atoms with E-state index in [2.05, 4.69) is 5.32 Å². The largest absolute Gasteiger partial charge is 0.481 e. The van der Waals surface area contributed by atoms with Crippen LogP contribution in [0.15, 0.2) is 12.1 Å². The molecule has 2 N–H and O–H groups in total. The van der Waals surface area contributed by atoms with Gasteiger partial charge in [-0.25, -0.2) is 8.78 Å². The Labute approximate surface area is 123 Å². The molecule has 0 saturated carbocycles. The van der Waals surface area contributed by atoms with Gasteiger partial charge in [0.05, 0.1) is 29.8 Å². The molecule has 1 fully saturated rings. The molecule has 2 rings (SSSR count). The lowest BCUT2D eigenvalue weighted by Gasteiger charge is -2.25. The van der Waals surface area contributed by atoms with Gasteiger partial charge in [-0.3, -0.25) is 9.59 Å². The first-order valence-corrected chi connectivity index (χ1v) is 6.40. The first-order chi connectivity index (χ1) is 9.75. The van der Waals surface area contributed by atoms with Gasteiger partial charge in [-0.15, -0.1) is 0 Å². The quantitative estimate of drug-likeness (QED) is 0.834. The topological polar surface area (TPSA) is 75.6 Å². The van der Waals surface area contributed by atoms with Crippen LogP contribution in [-0.4, -0.2) is 36.2 Å². The second kappa shape index (κ2) is 5.57. The fourth-order valence-corrected chi connectivity index (χ4v) is 2.25. The van der Waals surface area contributed by atoms with Crippen LogP contribution in [0.3, 0.4) is 0 Å². The summed E-state index contributed by atoms with van der Waals surface area (Å²) in [5.41, 5.74) is -1.56. The number of aliphatic carboxylic acids is 1. The van der Waals surface area contributed by atoms with Crippen molar-refractivity contribution in [3.63, 3.8) is 0 Å². The van der Waals surface area contributed by atoms with Crippen molar-refractivity contribution in [1.29, 1.82) is 0 Å². The summed E-state index contributed by atoms with van der Waals surface area (Å²) in [6.45, 7) is 1.38. The van der Waals surface area contributed by atoms with Crippen LogP contribution in [0.1, 0.15) is 17.3 Å². The molecule has 1 aromatic carbocycles. The molecule has 114 valence electrons. The molecule has 2 atom stereocenters. The number of nitrogens with one attached hydrogen (secondary N) is 1. The fraction of sp³-hybridized carbons (Fsp3) is 0.385. The number of carbonyl (C=O) groups excluding carboxylic acids is 1. The lowest BCUT2D eigenvalue weighted by Crippen LogP contribution is -2.49. The van der Waals surface area contributed by atoms with Crippen LogP contribution in [-0.2, 0) is 9.53 Å². The summed E-state index contributed by atoms with van der Waals surface area (Å²) in [4.78, 5) is 23.3. The Hall–Kier alpha value is -1.73. The van der Waals surface area contributed by atoms with E-state index < -0.39 is 35.0 Å². The number of benzene rings is 1. The van der Waals surface area contributed by atoms with Crippen LogP contribution in [0, 0.1) is 17.0 Å². The molecule has 1 saturated heterocycles. The van der Waals surface area contributed by atoms with Crippen molar-refractivity contribution in [2.45, 2.75) is 13.0 Å². The fourth-order valence-electron chi connectivity index (χ4n) is 2.02. The molecule has 5 nitrogen and oxygen atoms in total. The molecule has 8 heteroatoms. The van der Waals surface area contributed by atoms with Crippen molar-refractivity contribution in [2.75, 3.05) is 13.2 Å². The van der Waals surface area contributed by atoms with Gasteiger partial charge in [0.2, 0.25) is 0 Å². The number of hydrogen-bond donors (Lipinski definition) is 2. The Morgan fingerprint density at radius 3 is 2.67 bits per heavy atom. The number of halogens is 3. The van der Waals surface area contributed by atoms with Crippen LogP contribution < -0.4 is 5.32 Å². The van der Waals surface area contributed by atoms with E-state index in [1.807, 2.05) is 0 Å². The van der Waals surface area contributed by atoms with Crippen LogP contribution in [0.2, 0.25) is 5.02 Å². The van der Waals surface area contributed by atoms with Gasteiger partial charge < -0.3 is 15.2 Å². The third-order valence-electron chi connectivity index (χ3n) is 3.50. The highest BCUT2D eigenvalue weighted by atomic mass is 35.5. The summed E-state index contributed by atoms with van der Waals surface area (Å²) in [6.07, 6.45) is 0. The van der Waals surface area contributed by atoms with Crippen molar-refractivity contribution < 1.29 is 28.2 Å². The first-order valence-electron chi connectivity index (χ1n) is 6.02. The average Bonchev–Trinajstić information content (AvgIpc) is 2.76. The lowest BCUT2D eigenvalue weighted by molar-refractivity contribution is -0.148. The Morgan fingerprint density at radius 1 is 1.43 bits per heavy atom. The van der Waals surface area contributed by atoms with Crippen molar-refractivity contribution in [3.05, 3.63) is 34.4 Å². The maximum absolute atomic E-state index is 13.2. The zero-order chi connectivity index (χ0) is 15.8. The van der Waals surface area contributed by atoms with Gasteiger partial charge in [0.15, 0.2) is 11.6 Å². The number of carboxylic acid groups (broad SMARTS) is 1. The van der Waals surface area contributed by atoms with Gasteiger partial charge in [-0.1, -0.05) is 11.6 Å². The van der Waals surface area contributed by atoms with E-state index in [1.165, 1.54) is 6.92 Å². The van der Waals surface area contributed by atoms with E-state index in [-0.39, 0.29) is 23.8 Å². The smallest absolute Gasteiger partial charge is 0.313 e. The average molecular weight is 320 g/mol. The van der Waals surface area contributed by atoms with Crippen LogP contribution >= 0.6 is 11.6 Å². The van der Waals surface area contributed by atoms with Crippen molar-refractivity contribution in [1.82, 2.24) is 5.32 Å². The molecule has 0 radical (unpaired) electrons. The molecule has 1 heterocycles. The molecule has 0 aromatic heterocycles. The number of hydrogen-bond acceptors (Lipinski definition) is 3. The van der Waals surface area contributed by atoms with Crippen LogP contribution in [0.25, 0.3) is 0 Å². The maximum Gasteiger partial charge on any atom is 0.313 e. The van der Waals surface area contributed by atoms with E-state index in [9.17, 15) is 23.5 Å². The Kier molecular flexibility index (Phi) is 4.15. The SMILES string of the molecule is CC1(C(=O)O)COCC1NC(=O)c1cc(F)c(F)cc1Cl. The number of amides is 1. The number of rotatable bonds is 3. The van der Waals surface area contributed by atoms with Crippen molar-refractivity contribution >= 4 is 23.5 Å². The molecule has 1 aliphatic rings. The van der Waals surface area contributed by atoms with E-state index >= 15 is 0 Å². The summed E-state index contributed by atoms with van der Waals surface area (Å²) in [6, 6.07) is 0.556. The molecule has 21 heavy (non-hydrogen) atoms. The van der Waals surface area contributed by atoms with Gasteiger partial charge in [0.25, 0.3) is 5.91 Å². The summed E-state index contributed by atoms with van der Waals surface area (Å²) in [5.74, 6) is -4.30. The molecule has 0 aliphatic carbocycles. The Morgan fingerprint density at radius 2 is 2.05 bits per heavy atom. The molecule has 1 amide bonds. The Balaban J connectivity index is 2.23. The monoisotopic (exact) mass is 319 g/mol. The molecule has 0 spiro atoms. The highest BCUT2D eigenvalue weighted by molar-refractivity contribution is 6.33. The molecule has 2 unspecified atom stereocenters. The standard InChI is InChI=1S/C13H12ClF2NO4/c1-13(12(19)20)5-21-4-10(13)17-11(18)6-2-8(15)9(16)3-7(6)14/h2-3,10H,4-5H2,1H3,(H,17,18)(H,19,20). The van der Waals surface area contributed by atoms with E-state index in [1.54, 1.807) is 0 Å². The first kappa shape index (κ1) is 15.7. The number of ether oxygens (including phenoxy) is 1. The van der Waals surface area contributed by atoms with Crippen LogP contribution in [0.4, 0.5) is 8.78 Å².